The highest BCUT2D eigenvalue weighted by Crippen LogP contribution is 2.32. The van der Waals surface area contributed by atoms with Gasteiger partial charge in [-0.3, -0.25) is 4.68 Å². The summed E-state index contributed by atoms with van der Waals surface area (Å²) in [5.41, 5.74) is 3.39. The van der Waals surface area contributed by atoms with Gasteiger partial charge in [0.2, 0.25) is 0 Å². The first kappa shape index (κ1) is 13.6. The quantitative estimate of drug-likeness (QED) is 0.935. The van der Waals surface area contributed by atoms with Crippen molar-refractivity contribution in [1.82, 2.24) is 15.1 Å². The Labute approximate surface area is 127 Å². The number of nitrogens with one attached hydrogen (secondary N) is 1. The van der Waals surface area contributed by atoms with Gasteiger partial charge in [-0.15, -0.1) is 0 Å². The Bertz CT molecular complexity index is 618. The van der Waals surface area contributed by atoms with E-state index in [4.69, 9.17) is 4.74 Å². The molecule has 0 spiro atoms. The molecule has 1 N–H and O–H groups in total. The summed E-state index contributed by atoms with van der Waals surface area (Å²) in [6.45, 7) is 1.09. The largest absolute Gasteiger partial charge is 0.496 e. The summed E-state index contributed by atoms with van der Waals surface area (Å²) in [4.78, 5) is 0. The maximum Gasteiger partial charge on any atom is 0.133 e. The lowest BCUT2D eigenvalue weighted by Crippen LogP contribution is -2.13. The number of rotatable bonds is 3. The number of aryl methyl sites for hydroxylation is 1. The Morgan fingerprint density at radius 3 is 2.90 bits per heavy atom. The van der Waals surface area contributed by atoms with Crippen molar-refractivity contribution in [3.05, 3.63) is 34.4 Å². The summed E-state index contributed by atoms with van der Waals surface area (Å²) in [6.07, 6.45) is 2.40. The smallest absolute Gasteiger partial charge is 0.133 e. The van der Waals surface area contributed by atoms with E-state index in [0.29, 0.717) is 6.04 Å². The van der Waals surface area contributed by atoms with Gasteiger partial charge in [0, 0.05) is 12.6 Å². The lowest BCUT2D eigenvalue weighted by molar-refractivity contribution is 0.412. The lowest BCUT2D eigenvalue weighted by atomic mass is 10.1. The van der Waals surface area contributed by atoms with Gasteiger partial charge in [0.1, 0.15) is 5.75 Å². The maximum atomic E-state index is 5.27. The second-order valence-corrected chi connectivity index (χ2v) is 5.93. The van der Waals surface area contributed by atoms with Crippen molar-refractivity contribution >= 4 is 15.9 Å². The van der Waals surface area contributed by atoms with Crippen molar-refractivity contribution in [3.63, 3.8) is 0 Å². The van der Waals surface area contributed by atoms with Crippen LogP contribution in [0, 0.1) is 0 Å². The highest BCUT2D eigenvalue weighted by molar-refractivity contribution is 9.10. The summed E-state index contributed by atoms with van der Waals surface area (Å²) < 4.78 is 8.18. The van der Waals surface area contributed by atoms with Gasteiger partial charge in [-0.05, 0) is 59.6 Å². The monoisotopic (exact) mass is 335 g/mol. The topological polar surface area (TPSA) is 39.1 Å². The SMILES string of the molecule is COc1ccc(-c2cc(C3CCCN3)nn2C)cc1Br. The predicted octanol–water partition coefficient (Wildman–Crippen LogP) is 3.28. The predicted molar refractivity (Wildman–Crippen MR) is 82.9 cm³/mol. The number of ether oxygens (including phenoxy) is 1. The van der Waals surface area contributed by atoms with Crippen LogP contribution in [0.1, 0.15) is 24.6 Å². The summed E-state index contributed by atoms with van der Waals surface area (Å²) in [7, 11) is 3.67. The Balaban J connectivity index is 1.95. The molecule has 1 atom stereocenters. The van der Waals surface area contributed by atoms with Crippen LogP contribution in [0.5, 0.6) is 5.75 Å². The third-order valence-electron chi connectivity index (χ3n) is 3.76. The molecular formula is C15H18BrN3O. The van der Waals surface area contributed by atoms with E-state index in [-0.39, 0.29) is 0 Å². The van der Waals surface area contributed by atoms with Crippen LogP contribution in [0.2, 0.25) is 0 Å². The molecule has 1 aromatic carbocycles. The van der Waals surface area contributed by atoms with E-state index in [1.807, 2.05) is 17.8 Å². The van der Waals surface area contributed by atoms with Gasteiger partial charge in [0.05, 0.1) is 29.0 Å². The molecule has 0 aliphatic carbocycles. The fourth-order valence-electron chi connectivity index (χ4n) is 2.69. The van der Waals surface area contributed by atoms with E-state index < -0.39 is 0 Å². The van der Waals surface area contributed by atoms with Crippen molar-refractivity contribution in [2.24, 2.45) is 7.05 Å². The van der Waals surface area contributed by atoms with Crippen molar-refractivity contribution in [2.75, 3.05) is 13.7 Å². The summed E-state index contributed by atoms with van der Waals surface area (Å²) in [6, 6.07) is 8.68. The minimum Gasteiger partial charge on any atom is -0.496 e. The van der Waals surface area contributed by atoms with Crippen LogP contribution in [0.25, 0.3) is 11.3 Å². The van der Waals surface area contributed by atoms with Gasteiger partial charge in [0.15, 0.2) is 0 Å². The van der Waals surface area contributed by atoms with E-state index in [9.17, 15) is 0 Å². The van der Waals surface area contributed by atoms with Gasteiger partial charge in [-0.2, -0.15) is 5.10 Å². The van der Waals surface area contributed by atoms with Gasteiger partial charge in [-0.1, -0.05) is 0 Å². The molecule has 1 aliphatic heterocycles. The Hall–Kier alpha value is -1.33. The number of methoxy groups -OCH3 is 1. The molecule has 0 amide bonds. The molecule has 5 heteroatoms. The average molecular weight is 336 g/mol. The lowest BCUT2D eigenvalue weighted by Gasteiger charge is -2.06. The highest BCUT2D eigenvalue weighted by atomic mass is 79.9. The minimum atomic E-state index is 0.400. The van der Waals surface area contributed by atoms with Crippen LogP contribution >= 0.6 is 15.9 Å². The highest BCUT2D eigenvalue weighted by Gasteiger charge is 2.20. The van der Waals surface area contributed by atoms with Crippen molar-refractivity contribution in [1.29, 1.82) is 0 Å². The molecule has 1 unspecified atom stereocenters. The third kappa shape index (κ3) is 2.47. The van der Waals surface area contributed by atoms with E-state index >= 15 is 0 Å². The van der Waals surface area contributed by atoms with Crippen LogP contribution in [0.3, 0.4) is 0 Å². The van der Waals surface area contributed by atoms with Crippen molar-refractivity contribution < 1.29 is 4.74 Å². The van der Waals surface area contributed by atoms with Crippen molar-refractivity contribution in [2.45, 2.75) is 18.9 Å². The Kier molecular flexibility index (Phi) is 3.81. The van der Waals surface area contributed by atoms with E-state index in [2.05, 4.69) is 44.5 Å². The molecule has 106 valence electrons. The number of hydrogen-bond donors (Lipinski definition) is 1. The van der Waals surface area contributed by atoms with E-state index in [1.54, 1.807) is 7.11 Å². The summed E-state index contributed by atoms with van der Waals surface area (Å²) in [5, 5.41) is 8.14. The van der Waals surface area contributed by atoms with E-state index in [0.717, 1.165) is 33.7 Å². The molecule has 3 rings (SSSR count). The maximum absolute atomic E-state index is 5.27. The molecule has 0 radical (unpaired) electrons. The summed E-state index contributed by atoms with van der Waals surface area (Å²) in [5.74, 6) is 0.841. The second kappa shape index (κ2) is 5.58. The van der Waals surface area contributed by atoms with Crippen LogP contribution in [-0.2, 0) is 7.05 Å². The zero-order valence-corrected chi connectivity index (χ0v) is 13.3. The minimum absolute atomic E-state index is 0.400. The molecule has 0 saturated carbocycles. The third-order valence-corrected chi connectivity index (χ3v) is 4.38. The number of hydrogen-bond acceptors (Lipinski definition) is 3. The molecule has 1 aromatic heterocycles. The molecule has 2 heterocycles. The molecule has 1 aliphatic rings. The first-order valence-corrected chi connectivity index (χ1v) is 7.59. The molecule has 20 heavy (non-hydrogen) atoms. The Morgan fingerprint density at radius 2 is 2.25 bits per heavy atom. The van der Waals surface area contributed by atoms with Crippen molar-refractivity contribution in [3.8, 4) is 17.0 Å². The standard InChI is InChI=1S/C15H18BrN3O/c1-19-14(9-13(18-19)12-4-3-7-17-12)10-5-6-15(20-2)11(16)8-10/h5-6,8-9,12,17H,3-4,7H2,1-2H3. The molecule has 4 nitrogen and oxygen atoms in total. The van der Waals surface area contributed by atoms with Gasteiger partial charge < -0.3 is 10.1 Å². The van der Waals surface area contributed by atoms with E-state index in [1.165, 1.54) is 12.8 Å². The summed E-state index contributed by atoms with van der Waals surface area (Å²) >= 11 is 3.54. The zero-order chi connectivity index (χ0) is 14.1. The Morgan fingerprint density at radius 1 is 1.40 bits per heavy atom. The van der Waals surface area contributed by atoms with Gasteiger partial charge >= 0.3 is 0 Å². The molecule has 1 saturated heterocycles. The molecule has 2 aromatic rings. The number of halogens is 1. The molecule has 1 fully saturated rings. The van der Waals surface area contributed by atoms with Crippen LogP contribution in [-0.4, -0.2) is 23.4 Å². The normalized spacial score (nSPS) is 18.4. The first-order valence-electron chi connectivity index (χ1n) is 6.80. The first-order chi connectivity index (χ1) is 9.69. The number of nitrogens with zero attached hydrogens (tertiary/aromatic N) is 2. The number of aromatic nitrogens is 2. The van der Waals surface area contributed by atoms with Crippen LogP contribution in [0.4, 0.5) is 0 Å². The molecule has 0 bridgehead atoms. The fraction of sp³-hybridized carbons (Fsp3) is 0.400. The van der Waals surface area contributed by atoms with Gasteiger partial charge in [0.25, 0.3) is 0 Å². The fourth-order valence-corrected chi connectivity index (χ4v) is 3.23. The van der Waals surface area contributed by atoms with Crippen LogP contribution < -0.4 is 10.1 Å². The zero-order valence-electron chi connectivity index (χ0n) is 11.7. The van der Waals surface area contributed by atoms with Crippen LogP contribution in [0.15, 0.2) is 28.7 Å². The molecular weight excluding hydrogens is 318 g/mol. The number of benzene rings is 1. The van der Waals surface area contributed by atoms with Gasteiger partial charge in [-0.25, -0.2) is 0 Å². The average Bonchev–Trinajstić information content (AvgIpc) is 3.07. The second-order valence-electron chi connectivity index (χ2n) is 5.08.